The van der Waals surface area contributed by atoms with Gasteiger partial charge in [0, 0.05) is 18.6 Å². The summed E-state index contributed by atoms with van der Waals surface area (Å²) in [5.41, 5.74) is 4.16. The topological polar surface area (TPSA) is 108 Å². The standard InChI is InChI=1S/3C11H9NO.Al/c3*13-11-7-2-1-5-9(11)10-6-3-4-8-12-10;/h3*1-8,13H;/q;;;+3/p-3. The van der Waals surface area contributed by atoms with Crippen LogP contribution in [0.1, 0.15) is 0 Å². The molecule has 0 unspecified atom stereocenters. The number of hydrogen-bond acceptors (Lipinski definition) is 6. The van der Waals surface area contributed by atoms with Crippen LogP contribution in [0.15, 0.2) is 146 Å². The summed E-state index contributed by atoms with van der Waals surface area (Å²) in [6.07, 6.45) is 5.05. The van der Waals surface area contributed by atoms with E-state index >= 15 is 0 Å². The van der Waals surface area contributed by atoms with E-state index in [-0.39, 0.29) is 34.6 Å². The van der Waals surface area contributed by atoms with Gasteiger partial charge in [0.2, 0.25) is 0 Å². The second-order valence-electron chi connectivity index (χ2n) is 8.13. The van der Waals surface area contributed by atoms with Gasteiger partial charge in [-0.15, -0.1) is 0 Å². The number of hydrogen-bond donors (Lipinski definition) is 0. The Bertz CT molecular complexity index is 1390. The van der Waals surface area contributed by atoms with Crippen LogP contribution >= 0.6 is 0 Å². The van der Waals surface area contributed by atoms with E-state index in [0.717, 1.165) is 17.1 Å². The summed E-state index contributed by atoms with van der Waals surface area (Å²) in [6.45, 7) is 0. The molecular formula is C33H24AlN3O3. The van der Waals surface area contributed by atoms with E-state index < -0.39 is 0 Å². The molecule has 3 heterocycles. The van der Waals surface area contributed by atoms with Crippen molar-refractivity contribution in [2.75, 3.05) is 0 Å². The first-order valence-corrected chi connectivity index (χ1v) is 12.2. The van der Waals surface area contributed by atoms with Crippen LogP contribution < -0.4 is 15.3 Å². The number of benzene rings is 3. The van der Waals surface area contributed by atoms with Crippen LogP contribution in [-0.2, 0) is 0 Å². The maximum Gasteiger partial charge on any atom is 3.00 e. The molecule has 0 aliphatic rings. The van der Waals surface area contributed by atoms with Crippen molar-refractivity contribution in [3.63, 3.8) is 0 Å². The largest absolute Gasteiger partial charge is 3.00 e. The summed E-state index contributed by atoms with van der Waals surface area (Å²) in [6, 6.07) is 37.3. The smallest absolute Gasteiger partial charge is 0.872 e. The van der Waals surface area contributed by atoms with Crippen LogP contribution in [0.2, 0.25) is 0 Å². The number of rotatable bonds is 3. The van der Waals surface area contributed by atoms with Crippen molar-refractivity contribution in [1.29, 1.82) is 0 Å². The maximum atomic E-state index is 11.4. The summed E-state index contributed by atoms with van der Waals surface area (Å²) >= 11 is 0. The molecule has 0 saturated heterocycles. The van der Waals surface area contributed by atoms with Crippen LogP contribution in [0.3, 0.4) is 0 Å². The third-order valence-electron chi connectivity index (χ3n) is 5.48. The predicted molar refractivity (Wildman–Crippen MR) is 153 cm³/mol. The third-order valence-corrected chi connectivity index (χ3v) is 5.48. The number of pyridine rings is 3. The molecule has 0 saturated carbocycles. The summed E-state index contributed by atoms with van der Waals surface area (Å²) in [5.74, 6) is 0.0450. The number of para-hydroxylation sites is 3. The Morgan fingerprint density at radius 1 is 0.325 bits per heavy atom. The van der Waals surface area contributed by atoms with Crippen molar-refractivity contribution in [3.8, 4) is 51.0 Å². The van der Waals surface area contributed by atoms with Gasteiger partial charge in [-0.05, 0) is 53.1 Å². The van der Waals surface area contributed by atoms with Crippen molar-refractivity contribution in [2.24, 2.45) is 0 Å². The fourth-order valence-corrected chi connectivity index (χ4v) is 3.60. The molecule has 0 aliphatic heterocycles. The second kappa shape index (κ2) is 15.5. The van der Waals surface area contributed by atoms with Gasteiger partial charge in [-0.1, -0.05) is 108 Å². The Balaban J connectivity index is 0.000000163. The molecule has 0 aliphatic carbocycles. The van der Waals surface area contributed by atoms with Gasteiger partial charge in [0.1, 0.15) is 0 Å². The molecule has 6 rings (SSSR count). The third kappa shape index (κ3) is 8.27. The summed E-state index contributed by atoms with van der Waals surface area (Å²) < 4.78 is 0. The first-order valence-electron chi connectivity index (χ1n) is 12.2. The maximum absolute atomic E-state index is 11.4. The van der Waals surface area contributed by atoms with Crippen molar-refractivity contribution < 1.29 is 15.3 Å². The van der Waals surface area contributed by atoms with Crippen molar-refractivity contribution in [1.82, 2.24) is 15.0 Å². The zero-order valence-electron chi connectivity index (χ0n) is 21.5. The minimum absolute atomic E-state index is 0. The van der Waals surface area contributed by atoms with Crippen LogP contribution in [0.5, 0.6) is 17.2 Å². The van der Waals surface area contributed by atoms with Gasteiger partial charge in [0.25, 0.3) is 0 Å². The molecule has 0 fully saturated rings. The molecule has 0 radical (unpaired) electrons. The van der Waals surface area contributed by atoms with Crippen LogP contribution in [0.4, 0.5) is 0 Å². The molecule has 7 heteroatoms. The molecule has 3 aromatic carbocycles. The van der Waals surface area contributed by atoms with Crippen molar-refractivity contribution in [2.45, 2.75) is 0 Å². The minimum atomic E-state index is 0. The average Bonchev–Trinajstić information content (AvgIpc) is 3.00. The molecule has 0 N–H and O–H groups in total. The fraction of sp³-hybridized carbons (Fsp3) is 0. The van der Waals surface area contributed by atoms with E-state index in [1.807, 2.05) is 72.8 Å². The Kier molecular flexibility index (Phi) is 11.4. The summed E-state index contributed by atoms with van der Waals surface area (Å²) in [7, 11) is 0. The SMILES string of the molecule is [Al+3].[O-]c1ccccc1-c1ccccn1.[O-]c1ccccc1-c1ccccn1.[O-]c1ccccc1-c1ccccn1. The van der Waals surface area contributed by atoms with Crippen LogP contribution in [0.25, 0.3) is 33.8 Å². The second-order valence-corrected chi connectivity index (χ2v) is 8.13. The first-order chi connectivity index (χ1) is 19.1. The molecule has 6 aromatic rings. The Hall–Kier alpha value is -4.96. The molecular weight excluding hydrogens is 513 g/mol. The van der Waals surface area contributed by atoms with E-state index in [1.54, 1.807) is 73.2 Å². The van der Waals surface area contributed by atoms with Gasteiger partial charge in [0.15, 0.2) is 0 Å². The molecule has 0 bridgehead atoms. The van der Waals surface area contributed by atoms with E-state index in [9.17, 15) is 15.3 Å². The summed E-state index contributed by atoms with van der Waals surface area (Å²) in [5, 5.41) is 34.1. The Labute approximate surface area is 244 Å². The first kappa shape index (κ1) is 29.6. The van der Waals surface area contributed by atoms with Crippen molar-refractivity contribution >= 4 is 17.4 Å². The van der Waals surface area contributed by atoms with Crippen LogP contribution in [-0.4, -0.2) is 32.3 Å². The van der Waals surface area contributed by atoms with Gasteiger partial charge in [0.05, 0.1) is 17.1 Å². The van der Waals surface area contributed by atoms with Gasteiger partial charge in [-0.3, -0.25) is 15.0 Å². The zero-order chi connectivity index (χ0) is 27.3. The van der Waals surface area contributed by atoms with E-state index in [2.05, 4.69) is 15.0 Å². The average molecular weight is 538 g/mol. The molecule has 0 spiro atoms. The van der Waals surface area contributed by atoms with E-state index in [0.29, 0.717) is 16.7 Å². The Morgan fingerprint density at radius 2 is 0.575 bits per heavy atom. The summed E-state index contributed by atoms with van der Waals surface area (Å²) in [4.78, 5) is 12.3. The molecule has 192 valence electrons. The zero-order valence-corrected chi connectivity index (χ0v) is 22.7. The van der Waals surface area contributed by atoms with E-state index in [1.165, 1.54) is 0 Å². The fourth-order valence-electron chi connectivity index (χ4n) is 3.60. The van der Waals surface area contributed by atoms with Gasteiger partial charge in [-0.25, -0.2) is 0 Å². The Morgan fingerprint density at radius 3 is 0.800 bits per heavy atom. The number of aromatic nitrogens is 3. The van der Waals surface area contributed by atoms with Crippen LogP contribution in [0, 0.1) is 0 Å². The molecule has 6 nitrogen and oxygen atoms in total. The number of nitrogens with zero attached hydrogens (tertiary/aromatic N) is 3. The minimum Gasteiger partial charge on any atom is -0.872 e. The van der Waals surface area contributed by atoms with Gasteiger partial charge in [-0.2, -0.15) is 0 Å². The molecule has 40 heavy (non-hydrogen) atoms. The quantitative estimate of drug-likeness (QED) is 0.291. The normalized spacial score (nSPS) is 9.60. The molecule has 0 atom stereocenters. The monoisotopic (exact) mass is 537 g/mol. The molecule has 3 aromatic heterocycles. The van der Waals surface area contributed by atoms with Crippen molar-refractivity contribution in [3.05, 3.63) is 146 Å². The predicted octanol–water partition coefficient (Wildman–Crippen LogP) is 5.09. The van der Waals surface area contributed by atoms with Gasteiger partial charge < -0.3 is 15.3 Å². The van der Waals surface area contributed by atoms with E-state index in [4.69, 9.17) is 0 Å². The molecule has 0 amide bonds. The van der Waals surface area contributed by atoms with Gasteiger partial charge >= 0.3 is 17.4 Å².